The average molecular weight is 332 g/mol. The van der Waals surface area contributed by atoms with Gasteiger partial charge in [-0.05, 0) is 31.9 Å². The zero-order chi connectivity index (χ0) is 17.5. The first-order valence-electron chi connectivity index (χ1n) is 7.26. The monoisotopic (exact) mass is 332 g/mol. The number of unbranched alkanes of at least 4 members (excludes halogenated alkanes) is 3. The zero-order valence-electron chi connectivity index (χ0n) is 12.7. The Bertz CT molecular complexity index is 559. The van der Waals surface area contributed by atoms with Crippen LogP contribution in [-0.4, -0.2) is 28.5 Å². The van der Waals surface area contributed by atoms with Gasteiger partial charge in [-0.2, -0.15) is 13.2 Å². The van der Waals surface area contributed by atoms with E-state index in [9.17, 15) is 22.8 Å². The van der Waals surface area contributed by atoms with E-state index in [-0.39, 0.29) is 17.7 Å². The number of pyridine rings is 1. The first kappa shape index (κ1) is 18.9. The zero-order valence-corrected chi connectivity index (χ0v) is 12.7. The van der Waals surface area contributed by atoms with Crippen LogP contribution >= 0.6 is 0 Å². The molecule has 0 unspecified atom stereocenters. The highest BCUT2D eigenvalue weighted by molar-refractivity contribution is 5.95. The number of aliphatic carboxylic acids is 1. The fraction of sp³-hybridized carbons (Fsp3) is 0.533. The second kappa shape index (κ2) is 8.50. The van der Waals surface area contributed by atoms with E-state index in [0.717, 1.165) is 25.0 Å². The molecule has 0 aromatic carbocycles. The van der Waals surface area contributed by atoms with Crippen LogP contribution in [-0.2, 0) is 11.0 Å². The lowest BCUT2D eigenvalue weighted by molar-refractivity contribution is -0.141. The number of rotatable bonds is 8. The Balaban J connectivity index is 2.39. The van der Waals surface area contributed by atoms with E-state index in [1.165, 1.54) is 6.92 Å². The summed E-state index contributed by atoms with van der Waals surface area (Å²) >= 11 is 0. The standard InChI is InChI=1S/C15H19F3N2O3/c1-10-11(7-8-12(20-10)15(16,17)18)14(23)19-9-5-3-2-4-6-13(21)22/h7-8H,2-6,9H2,1H3,(H,19,23)(H,21,22). The lowest BCUT2D eigenvalue weighted by Crippen LogP contribution is -2.26. The third-order valence-corrected chi connectivity index (χ3v) is 3.22. The summed E-state index contributed by atoms with van der Waals surface area (Å²) in [4.78, 5) is 25.6. The Morgan fingerprint density at radius 3 is 2.39 bits per heavy atom. The highest BCUT2D eigenvalue weighted by Gasteiger charge is 2.33. The molecule has 1 aromatic heterocycles. The van der Waals surface area contributed by atoms with E-state index >= 15 is 0 Å². The van der Waals surface area contributed by atoms with Gasteiger partial charge in [0.25, 0.3) is 5.91 Å². The SMILES string of the molecule is Cc1nc(C(F)(F)F)ccc1C(=O)NCCCCCCC(=O)O. The fourth-order valence-corrected chi connectivity index (χ4v) is 2.01. The third kappa shape index (κ3) is 6.66. The van der Waals surface area contributed by atoms with Crippen molar-refractivity contribution < 1.29 is 27.9 Å². The summed E-state index contributed by atoms with van der Waals surface area (Å²) in [6.45, 7) is 1.74. The second-order valence-electron chi connectivity index (χ2n) is 5.14. The number of hydrogen-bond donors (Lipinski definition) is 2. The van der Waals surface area contributed by atoms with E-state index in [2.05, 4.69) is 10.3 Å². The molecule has 1 heterocycles. The van der Waals surface area contributed by atoms with Crippen molar-refractivity contribution in [1.82, 2.24) is 10.3 Å². The number of aryl methyl sites for hydroxylation is 1. The van der Waals surface area contributed by atoms with Crippen molar-refractivity contribution in [3.63, 3.8) is 0 Å². The number of nitrogens with zero attached hydrogens (tertiary/aromatic N) is 1. The lowest BCUT2D eigenvalue weighted by atomic mass is 10.1. The minimum atomic E-state index is -4.53. The van der Waals surface area contributed by atoms with Crippen molar-refractivity contribution in [3.05, 3.63) is 29.1 Å². The molecule has 0 bridgehead atoms. The van der Waals surface area contributed by atoms with Gasteiger partial charge in [-0.25, -0.2) is 4.98 Å². The molecule has 0 saturated carbocycles. The van der Waals surface area contributed by atoms with E-state index in [4.69, 9.17) is 5.11 Å². The lowest BCUT2D eigenvalue weighted by Gasteiger charge is -2.10. The van der Waals surface area contributed by atoms with Gasteiger partial charge in [0.05, 0.1) is 11.3 Å². The van der Waals surface area contributed by atoms with E-state index in [0.29, 0.717) is 19.4 Å². The number of alkyl halides is 3. The number of amides is 1. The van der Waals surface area contributed by atoms with Gasteiger partial charge in [-0.1, -0.05) is 12.8 Å². The summed E-state index contributed by atoms with van der Waals surface area (Å²) in [5.74, 6) is -1.29. The van der Waals surface area contributed by atoms with E-state index in [1.54, 1.807) is 0 Å². The van der Waals surface area contributed by atoms with Gasteiger partial charge >= 0.3 is 12.1 Å². The molecule has 8 heteroatoms. The molecule has 0 saturated heterocycles. The Morgan fingerprint density at radius 2 is 1.83 bits per heavy atom. The number of nitrogens with one attached hydrogen (secondary N) is 1. The van der Waals surface area contributed by atoms with Crippen molar-refractivity contribution >= 4 is 11.9 Å². The molecule has 0 aliphatic heterocycles. The number of aromatic nitrogens is 1. The second-order valence-corrected chi connectivity index (χ2v) is 5.14. The fourth-order valence-electron chi connectivity index (χ4n) is 2.01. The van der Waals surface area contributed by atoms with Gasteiger partial charge in [0, 0.05) is 13.0 Å². The number of halogens is 3. The van der Waals surface area contributed by atoms with Crippen LogP contribution in [0.5, 0.6) is 0 Å². The molecule has 0 radical (unpaired) electrons. The largest absolute Gasteiger partial charge is 0.481 e. The summed E-state index contributed by atoms with van der Waals surface area (Å²) in [5.41, 5.74) is -0.882. The number of carboxylic acid groups (broad SMARTS) is 1. The van der Waals surface area contributed by atoms with Crippen LogP contribution in [0.3, 0.4) is 0 Å². The number of carbonyl (C=O) groups excluding carboxylic acids is 1. The number of carbonyl (C=O) groups is 2. The Hall–Kier alpha value is -2.12. The van der Waals surface area contributed by atoms with Crippen molar-refractivity contribution in [1.29, 1.82) is 0 Å². The first-order valence-corrected chi connectivity index (χ1v) is 7.26. The van der Waals surface area contributed by atoms with Crippen LogP contribution in [0.25, 0.3) is 0 Å². The van der Waals surface area contributed by atoms with Gasteiger partial charge in [0.1, 0.15) is 5.69 Å². The minimum absolute atomic E-state index is 0.0267. The van der Waals surface area contributed by atoms with Crippen molar-refractivity contribution in [2.45, 2.75) is 45.2 Å². The maximum Gasteiger partial charge on any atom is 0.433 e. The van der Waals surface area contributed by atoms with Crippen LogP contribution in [0, 0.1) is 6.92 Å². The van der Waals surface area contributed by atoms with Gasteiger partial charge in [0.2, 0.25) is 0 Å². The van der Waals surface area contributed by atoms with E-state index < -0.39 is 23.7 Å². The summed E-state index contributed by atoms with van der Waals surface area (Å²) < 4.78 is 37.5. The molecule has 1 rings (SSSR count). The topological polar surface area (TPSA) is 79.3 Å². The van der Waals surface area contributed by atoms with Crippen molar-refractivity contribution in [2.24, 2.45) is 0 Å². The van der Waals surface area contributed by atoms with Crippen LogP contribution in [0.1, 0.15) is 53.8 Å². The molecule has 23 heavy (non-hydrogen) atoms. The predicted molar refractivity (Wildman–Crippen MR) is 77.0 cm³/mol. The van der Waals surface area contributed by atoms with Crippen LogP contribution in [0.15, 0.2) is 12.1 Å². The maximum atomic E-state index is 12.5. The summed E-state index contributed by atoms with van der Waals surface area (Å²) in [6.07, 6.45) is -1.61. The first-order chi connectivity index (χ1) is 10.7. The predicted octanol–water partition coefficient (Wildman–Crippen LogP) is 3.17. The molecule has 5 nitrogen and oxygen atoms in total. The molecule has 0 aliphatic rings. The molecule has 0 fully saturated rings. The summed E-state index contributed by atoms with van der Waals surface area (Å²) in [6, 6.07) is 1.90. The molecule has 0 spiro atoms. The number of hydrogen-bond acceptors (Lipinski definition) is 3. The van der Waals surface area contributed by atoms with Gasteiger partial charge < -0.3 is 10.4 Å². The van der Waals surface area contributed by atoms with Crippen molar-refractivity contribution in [3.8, 4) is 0 Å². The Morgan fingerprint density at radius 1 is 1.17 bits per heavy atom. The van der Waals surface area contributed by atoms with Gasteiger partial charge in [0.15, 0.2) is 0 Å². The van der Waals surface area contributed by atoms with Gasteiger partial charge in [-0.3, -0.25) is 9.59 Å². The average Bonchev–Trinajstić information content (AvgIpc) is 2.44. The summed E-state index contributed by atoms with van der Waals surface area (Å²) in [5, 5.41) is 11.1. The van der Waals surface area contributed by atoms with Crippen LogP contribution < -0.4 is 5.32 Å². The molecular formula is C15H19F3N2O3. The van der Waals surface area contributed by atoms with E-state index in [1.807, 2.05) is 0 Å². The van der Waals surface area contributed by atoms with Crippen molar-refractivity contribution in [2.75, 3.05) is 6.54 Å². The van der Waals surface area contributed by atoms with Crippen LogP contribution in [0.2, 0.25) is 0 Å². The van der Waals surface area contributed by atoms with Crippen LogP contribution in [0.4, 0.5) is 13.2 Å². The third-order valence-electron chi connectivity index (χ3n) is 3.22. The maximum absolute atomic E-state index is 12.5. The molecule has 1 amide bonds. The van der Waals surface area contributed by atoms with Gasteiger partial charge in [-0.15, -0.1) is 0 Å². The molecule has 2 N–H and O–H groups in total. The normalized spacial score (nSPS) is 11.3. The smallest absolute Gasteiger partial charge is 0.433 e. The molecule has 128 valence electrons. The minimum Gasteiger partial charge on any atom is -0.481 e. The molecule has 1 aromatic rings. The Kier molecular flexibility index (Phi) is 6.99. The molecule has 0 atom stereocenters. The Labute approximate surface area is 131 Å². The molecular weight excluding hydrogens is 313 g/mol. The highest BCUT2D eigenvalue weighted by Crippen LogP contribution is 2.28. The summed E-state index contributed by atoms with van der Waals surface area (Å²) in [7, 11) is 0. The molecule has 0 aliphatic carbocycles. The number of carboxylic acids is 1. The highest BCUT2D eigenvalue weighted by atomic mass is 19.4. The quantitative estimate of drug-likeness (QED) is 0.717.